The first-order valence-corrected chi connectivity index (χ1v) is 4.72. The molecule has 0 aliphatic heterocycles. The van der Waals surface area contributed by atoms with E-state index in [9.17, 15) is 4.79 Å². The topological polar surface area (TPSA) is 48.5 Å². The van der Waals surface area contributed by atoms with Crippen molar-refractivity contribution in [1.29, 1.82) is 0 Å². The summed E-state index contributed by atoms with van der Waals surface area (Å²) in [5.74, 6) is -0.418. The number of ether oxygens (including phenoxy) is 1. The van der Waals surface area contributed by atoms with Crippen molar-refractivity contribution in [2.45, 2.75) is 13.3 Å². The van der Waals surface area contributed by atoms with Crippen LogP contribution in [0.5, 0.6) is 0 Å². The van der Waals surface area contributed by atoms with Crippen LogP contribution in [-0.4, -0.2) is 28.9 Å². The van der Waals surface area contributed by atoms with Crippen molar-refractivity contribution in [2.24, 2.45) is 7.05 Å². The molecule has 0 saturated heterocycles. The Morgan fingerprint density at radius 2 is 2.47 bits per heavy atom. The van der Waals surface area contributed by atoms with E-state index < -0.39 is 5.97 Å². The van der Waals surface area contributed by atoms with Gasteiger partial charge in [0.25, 0.3) is 0 Å². The largest absolute Gasteiger partial charge is 0.461 e. The van der Waals surface area contributed by atoms with Crippen molar-refractivity contribution < 1.29 is 9.53 Å². The van der Waals surface area contributed by atoms with Gasteiger partial charge in [-0.1, -0.05) is 0 Å². The van der Waals surface area contributed by atoms with E-state index in [1.54, 1.807) is 24.9 Å². The molecule has 0 aliphatic carbocycles. The number of rotatable bonds is 4. The normalized spacial score (nSPS) is 9.67. The molecule has 0 aromatic carbocycles. The summed E-state index contributed by atoms with van der Waals surface area (Å²) in [7, 11) is 1.74. The zero-order valence-electron chi connectivity index (χ0n) is 8.86. The van der Waals surface area contributed by atoms with Crippen molar-refractivity contribution in [3.63, 3.8) is 0 Å². The second-order valence-electron chi connectivity index (χ2n) is 3.03. The fourth-order valence-corrected chi connectivity index (χ4v) is 1.27. The average molecular weight is 207 g/mol. The molecule has 0 atom stereocenters. The SMILES string of the molecule is [C-]#[N+]CCc1cn(C)nc1C(=O)OCC. The monoisotopic (exact) mass is 207 g/mol. The van der Waals surface area contributed by atoms with E-state index in [2.05, 4.69) is 9.94 Å². The molecule has 0 saturated carbocycles. The van der Waals surface area contributed by atoms with E-state index in [1.165, 1.54) is 0 Å². The molecule has 15 heavy (non-hydrogen) atoms. The maximum Gasteiger partial charge on any atom is 0.359 e. The molecule has 0 radical (unpaired) electrons. The van der Waals surface area contributed by atoms with Gasteiger partial charge in [0.15, 0.2) is 5.69 Å². The first kappa shape index (κ1) is 11.2. The Labute approximate surface area is 88.5 Å². The van der Waals surface area contributed by atoms with Crippen molar-refractivity contribution in [3.05, 3.63) is 28.9 Å². The van der Waals surface area contributed by atoms with E-state index >= 15 is 0 Å². The number of carbonyl (C=O) groups is 1. The minimum atomic E-state index is -0.418. The highest BCUT2D eigenvalue weighted by Gasteiger charge is 2.17. The van der Waals surface area contributed by atoms with Crippen LogP contribution in [0.25, 0.3) is 4.85 Å². The minimum absolute atomic E-state index is 0.322. The molecule has 1 aromatic heterocycles. The van der Waals surface area contributed by atoms with Crippen molar-refractivity contribution in [3.8, 4) is 0 Å². The van der Waals surface area contributed by atoms with Gasteiger partial charge in [0.1, 0.15) is 0 Å². The summed E-state index contributed by atoms with van der Waals surface area (Å²) < 4.78 is 6.43. The van der Waals surface area contributed by atoms with Crippen LogP contribution in [0.1, 0.15) is 23.0 Å². The van der Waals surface area contributed by atoms with Crippen LogP contribution in [0.3, 0.4) is 0 Å². The Morgan fingerprint density at radius 3 is 3.07 bits per heavy atom. The molecule has 80 valence electrons. The summed E-state index contributed by atoms with van der Waals surface area (Å²) in [6.45, 7) is 9.14. The molecule has 5 heteroatoms. The lowest BCUT2D eigenvalue weighted by molar-refractivity contribution is 0.0517. The van der Waals surface area contributed by atoms with Gasteiger partial charge in [-0.3, -0.25) is 4.68 Å². The quantitative estimate of drug-likeness (QED) is 0.548. The Morgan fingerprint density at radius 1 is 1.73 bits per heavy atom. The van der Waals surface area contributed by atoms with Crippen LogP contribution in [0, 0.1) is 6.57 Å². The molecule has 0 aliphatic rings. The predicted molar refractivity (Wildman–Crippen MR) is 54.3 cm³/mol. The summed E-state index contributed by atoms with van der Waals surface area (Å²) in [6.07, 6.45) is 2.28. The molecule has 1 aromatic rings. The van der Waals surface area contributed by atoms with Crippen molar-refractivity contribution in [1.82, 2.24) is 9.78 Å². The molecule has 5 nitrogen and oxygen atoms in total. The standard InChI is InChI=1S/C10H13N3O2/c1-4-15-10(14)9-8(5-6-11-2)7-13(3)12-9/h7H,4-6H2,1,3H3. The first-order valence-electron chi connectivity index (χ1n) is 4.72. The van der Waals surface area contributed by atoms with Gasteiger partial charge in [-0.25, -0.2) is 11.4 Å². The lowest BCUT2D eigenvalue weighted by Gasteiger charge is -1.99. The maximum absolute atomic E-state index is 11.5. The van der Waals surface area contributed by atoms with Crippen molar-refractivity contribution in [2.75, 3.05) is 13.2 Å². The van der Waals surface area contributed by atoms with Gasteiger partial charge in [0, 0.05) is 25.2 Å². The van der Waals surface area contributed by atoms with Crippen LogP contribution < -0.4 is 0 Å². The lowest BCUT2D eigenvalue weighted by atomic mass is 10.2. The smallest absolute Gasteiger partial charge is 0.359 e. The molecule has 0 fully saturated rings. The third-order valence-electron chi connectivity index (χ3n) is 1.87. The molecule has 1 heterocycles. The van der Waals surface area contributed by atoms with Crippen LogP contribution in [0.4, 0.5) is 0 Å². The second kappa shape index (κ2) is 5.15. The summed E-state index contributed by atoms with van der Waals surface area (Å²) in [5, 5.41) is 4.02. The number of esters is 1. The maximum atomic E-state index is 11.5. The number of aryl methyl sites for hydroxylation is 1. The zero-order chi connectivity index (χ0) is 11.3. The van der Waals surface area contributed by atoms with Gasteiger partial charge in [0.05, 0.1) is 6.61 Å². The van der Waals surface area contributed by atoms with Gasteiger partial charge in [-0.05, 0) is 6.92 Å². The van der Waals surface area contributed by atoms with Crippen LogP contribution >= 0.6 is 0 Å². The van der Waals surface area contributed by atoms with Crippen LogP contribution in [-0.2, 0) is 18.2 Å². The second-order valence-corrected chi connectivity index (χ2v) is 3.03. The van der Waals surface area contributed by atoms with Gasteiger partial charge < -0.3 is 9.58 Å². The molecule has 0 spiro atoms. The summed E-state index contributed by atoms with van der Waals surface area (Å²) in [5.41, 5.74) is 1.09. The molecular weight excluding hydrogens is 194 g/mol. The summed E-state index contributed by atoms with van der Waals surface area (Å²) in [6, 6.07) is 0. The van der Waals surface area contributed by atoms with Crippen LogP contribution in [0.2, 0.25) is 0 Å². The zero-order valence-corrected chi connectivity index (χ0v) is 8.86. The van der Waals surface area contributed by atoms with E-state index in [1.807, 2.05) is 0 Å². The molecule has 0 N–H and O–H groups in total. The first-order chi connectivity index (χ1) is 7.19. The minimum Gasteiger partial charge on any atom is -0.461 e. The van der Waals surface area contributed by atoms with Gasteiger partial charge >= 0.3 is 5.97 Å². The highest BCUT2D eigenvalue weighted by atomic mass is 16.5. The number of aromatic nitrogens is 2. The molecule has 0 bridgehead atoms. The summed E-state index contributed by atoms with van der Waals surface area (Å²) in [4.78, 5) is 14.7. The highest BCUT2D eigenvalue weighted by molar-refractivity contribution is 5.88. The Hall–Kier alpha value is -1.83. The third kappa shape index (κ3) is 2.81. The van der Waals surface area contributed by atoms with Gasteiger partial charge in [0.2, 0.25) is 6.54 Å². The van der Waals surface area contributed by atoms with Crippen LogP contribution in [0.15, 0.2) is 6.20 Å². The number of hydrogen-bond acceptors (Lipinski definition) is 3. The molecule has 0 unspecified atom stereocenters. The average Bonchev–Trinajstić information content (AvgIpc) is 2.57. The van der Waals surface area contributed by atoms with E-state index in [4.69, 9.17) is 11.3 Å². The molecular formula is C10H13N3O2. The van der Waals surface area contributed by atoms with Crippen molar-refractivity contribution >= 4 is 5.97 Å². The fourth-order valence-electron chi connectivity index (χ4n) is 1.27. The number of carbonyl (C=O) groups excluding carboxylic acids is 1. The Bertz CT molecular complexity index is 390. The third-order valence-corrected chi connectivity index (χ3v) is 1.87. The number of nitrogens with zero attached hydrogens (tertiary/aromatic N) is 3. The van der Waals surface area contributed by atoms with Gasteiger partial charge in [-0.2, -0.15) is 5.10 Å². The highest BCUT2D eigenvalue weighted by Crippen LogP contribution is 2.09. The lowest BCUT2D eigenvalue weighted by Crippen LogP contribution is -2.08. The molecule has 0 amide bonds. The summed E-state index contributed by atoms with van der Waals surface area (Å²) >= 11 is 0. The predicted octanol–water partition coefficient (Wildman–Crippen LogP) is 1.06. The fraction of sp³-hybridized carbons (Fsp3) is 0.500. The van der Waals surface area contributed by atoms with E-state index in [0.717, 1.165) is 5.56 Å². The Balaban J connectivity index is 2.86. The molecule has 1 rings (SSSR count). The number of hydrogen-bond donors (Lipinski definition) is 0. The van der Waals surface area contributed by atoms with E-state index in [-0.39, 0.29) is 0 Å². The van der Waals surface area contributed by atoms with Gasteiger partial charge in [-0.15, -0.1) is 0 Å². The van der Waals surface area contributed by atoms with E-state index in [0.29, 0.717) is 25.3 Å². The Kier molecular flexibility index (Phi) is 3.86.